The minimum atomic E-state index is 0.0632. The highest BCUT2D eigenvalue weighted by molar-refractivity contribution is 5.88. The SMILES string of the molecule is CCN1CCCC1CNC(=O)Cn1ccc2c(OC)cccc21. The van der Waals surface area contributed by atoms with Crippen molar-refractivity contribution in [1.29, 1.82) is 0 Å². The smallest absolute Gasteiger partial charge is 0.239 e. The Kier molecular flexibility index (Phi) is 4.86. The van der Waals surface area contributed by atoms with Crippen molar-refractivity contribution in [3.05, 3.63) is 30.5 Å². The molecule has 1 amide bonds. The van der Waals surface area contributed by atoms with Crippen molar-refractivity contribution in [2.75, 3.05) is 26.7 Å². The number of ether oxygens (including phenoxy) is 1. The summed E-state index contributed by atoms with van der Waals surface area (Å²) in [7, 11) is 1.67. The van der Waals surface area contributed by atoms with Gasteiger partial charge in [-0.1, -0.05) is 13.0 Å². The van der Waals surface area contributed by atoms with Crippen LogP contribution in [0, 0.1) is 0 Å². The van der Waals surface area contributed by atoms with Crippen LogP contribution in [0.5, 0.6) is 5.75 Å². The fraction of sp³-hybridized carbons (Fsp3) is 0.500. The van der Waals surface area contributed by atoms with Gasteiger partial charge in [0.15, 0.2) is 0 Å². The van der Waals surface area contributed by atoms with Gasteiger partial charge in [0, 0.05) is 24.2 Å². The lowest BCUT2D eigenvalue weighted by molar-refractivity contribution is -0.121. The summed E-state index contributed by atoms with van der Waals surface area (Å²) in [6.07, 6.45) is 4.36. The van der Waals surface area contributed by atoms with Crippen LogP contribution in [0.15, 0.2) is 30.5 Å². The first-order valence-corrected chi connectivity index (χ1v) is 8.35. The van der Waals surface area contributed by atoms with Crippen molar-refractivity contribution in [2.45, 2.75) is 32.4 Å². The molecule has 3 rings (SSSR count). The fourth-order valence-electron chi connectivity index (χ4n) is 3.50. The fourth-order valence-corrected chi connectivity index (χ4v) is 3.50. The number of nitrogens with zero attached hydrogens (tertiary/aromatic N) is 2. The number of hydrogen-bond donors (Lipinski definition) is 1. The van der Waals surface area contributed by atoms with Crippen LogP contribution >= 0.6 is 0 Å². The number of fused-ring (bicyclic) bond motifs is 1. The molecule has 5 heteroatoms. The van der Waals surface area contributed by atoms with Crippen LogP contribution < -0.4 is 10.1 Å². The lowest BCUT2D eigenvalue weighted by Gasteiger charge is -2.22. The standard InChI is InChI=1S/C18H25N3O2/c1-3-20-10-5-6-14(20)12-19-18(22)13-21-11-9-15-16(21)7-4-8-17(15)23-2/h4,7-9,11,14H,3,5-6,10,12-13H2,1-2H3,(H,19,22). The molecule has 2 heterocycles. The number of carbonyl (C=O) groups is 1. The molecule has 1 atom stereocenters. The predicted molar refractivity (Wildman–Crippen MR) is 91.8 cm³/mol. The maximum Gasteiger partial charge on any atom is 0.239 e. The second kappa shape index (κ2) is 7.04. The Bertz CT molecular complexity index is 680. The topological polar surface area (TPSA) is 46.5 Å². The first-order valence-electron chi connectivity index (χ1n) is 8.35. The Balaban J connectivity index is 1.62. The van der Waals surface area contributed by atoms with Crippen molar-refractivity contribution in [1.82, 2.24) is 14.8 Å². The van der Waals surface area contributed by atoms with E-state index in [1.807, 2.05) is 35.0 Å². The number of benzene rings is 1. The van der Waals surface area contributed by atoms with Crippen LogP contribution in [-0.2, 0) is 11.3 Å². The van der Waals surface area contributed by atoms with E-state index in [4.69, 9.17) is 4.74 Å². The molecule has 0 spiro atoms. The van der Waals surface area contributed by atoms with Gasteiger partial charge in [-0.15, -0.1) is 0 Å². The third-order valence-electron chi connectivity index (χ3n) is 4.75. The zero-order valence-corrected chi connectivity index (χ0v) is 13.9. The van der Waals surface area contributed by atoms with E-state index in [1.54, 1.807) is 7.11 Å². The maximum atomic E-state index is 12.3. The van der Waals surface area contributed by atoms with E-state index < -0.39 is 0 Å². The summed E-state index contributed by atoms with van der Waals surface area (Å²) in [4.78, 5) is 14.7. The van der Waals surface area contributed by atoms with Crippen LogP contribution in [-0.4, -0.2) is 48.2 Å². The predicted octanol–water partition coefficient (Wildman–Crippen LogP) is 2.25. The third kappa shape index (κ3) is 3.34. The first-order chi connectivity index (χ1) is 11.2. The molecule has 23 heavy (non-hydrogen) atoms. The van der Waals surface area contributed by atoms with Crippen molar-refractivity contribution < 1.29 is 9.53 Å². The van der Waals surface area contributed by atoms with Crippen LogP contribution in [0.25, 0.3) is 10.9 Å². The van der Waals surface area contributed by atoms with Gasteiger partial charge in [-0.25, -0.2) is 0 Å². The highest BCUT2D eigenvalue weighted by atomic mass is 16.5. The number of methoxy groups -OCH3 is 1. The molecule has 0 radical (unpaired) electrons. The molecule has 1 unspecified atom stereocenters. The van der Waals surface area contributed by atoms with Gasteiger partial charge in [-0.2, -0.15) is 0 Å². The van der Waals surface area contributed by atoms with Gasteiger partial charge in [-0.3, -0.25) is 9.69 Å². The van der Waals surface area contributed by atoms with Crippen LogP contribution in [0.3, 0.4) is 0 Å². The lowest BCUT2D eigenvalue weighted by Crippen LogP contribution is -2.40. The van der Waals surface area contributed by atoms with E-state index in [2.05, 4.69) is 17.1 Å². The molecular weight excluding hydrogens is 290 g/mol. The Morgan fingerprint density at radius 2 is 2.26 bits per heavy atom. The molecule has 5 nitrogen and oxygen atoms in total. The van der Waals surface area contributed by atoms with Gasteiger partial charge in [-0.05, 0) is 44.1 Å². The second-order valence-corrected chi connectivity index (χ2v) is 6.07. The van der Waals surface area contributed by atoms with E-state index in [1.165, 1.54) is 12.8 Å². The van der Waals surface area contributed by atoms with Gasteiger partial charge in [0.2, 0.25) is 5.91 Å². The normalized spacial score (nSPS) is 18.4. The maximum absolute atomic E-state index is 12.3. The molecule has 1 saturated heterocycles. The van der Waals surface area contributed by atoms with Gasteiger partial charge >= 0.3 is 0 Å². The van der Waals surface area contributed by atoms with E-state index >= 15 is 0 Å². The molecular formula is C18H25N3O2. The van der Waals surface area contributed by atoms with Gasteiger partial charge in [0.05, 0.1) is 12.6 Å². The summed E-state index contributed by atoms with van der Waals surface area (Å²) in [6.45, 7) is 5.48. The van der Waals surface area contributed by atoms with E-state index in [0.717, 1.165) is 36.3 Å². The summed E-state index contributed by atoms with van der Waals surface area (Å²) in [5.41, 5.74) is 1.02. The Labute approximate surface area is 137 Å². The monoisotopic (exact) mass is 315 g/mol. The number of amides is 1. The number of likely N-dealkylation sites (tertiary alicyclic amines) is 1. The molecule has 1 aliphatic heterocycles. The molecule has 0 aliphatic carbocycles. The molecule has 124 valence electrons. The van der Waals surface area contributed by atoms with Gasteiger partial charge in [0.1, 0.15) is 12.3 Å². The largest absolute Gasteiger partial charge is 0.496 e. The quantitative estimate of drug-likeness (QED) is 0.889. The second-order valence-electron chi connectivity index (χ2n) is 6.07. The summed E-state index contributed by atoms with van der Waals surface area (Å²) in [6, 6.07) is 8.39. The summed E-state index contributed by atoms with van der Waals surface area (Å²) in [5, 5.41) is 4.13. The van der Waals surface area contributed by atoms with Crippen molar-refractivity contribution in [3.63, 3.8) is 0 Å². The van der Waals surface area contributed by atoms with E-state index in [-0.39, 0.29) is 5.91 Å². The van der Waals surface area contributed by atoms with Crippen molar-refractivity contribution in [2.24, 2.45) is 0 Å². The molecule has 0 saturated carbocycles. The Morgan fingerprint density at radius 3 is 3.04 bits per heavy atom. The average molecular weight is 315 g/mol. The minimum Gasteiger partial charge on any atom is -0.496 e. The Morgan fingerprint density at radius 1 is 1.39 bits per heavy atom. The van der Waals surface area contributed by atoms with Crippen LogP contribution in [0.1, 0.15) is 19.8 Å². The zero-order valence-electron chi connectivity index (χ0n) is 13.9. The van der Waals surface area contributed by atoms with E-state index in [9.17, 15) is 4.79 Å². The van der Waals surface area contributed by atoms with Gasteiger partial charge in [0.25, 0.3) is 0 Å². The third-order valence-corrected chi connectivity index (χ3v) is 4.75. The number of carbonyl (C=O) groups excluding carboxylic acids is 1. The molecule has 1 fully saturated rings. The van der Waals surface area contributed by atoms with Gasteiger partial charge < -0.3 is 14.6 Å². The molecule has 1 aromatic carbocycles. The first kappa shape index (κ1) is 15.9. The number of rotatable bonds is 6. The summed E-state index contributed by atoms with van der Waals surface area (Å²) in [5.74, 6) is 0.902. The lowest BCUT2D eigenvalue weighted by atomic mass is 10.2. The number of aromatic nitrogens is 1. The number of hydrogen-bond acceptors (Lipinski definition) is 3. The van der Waals surface area contributed by atoms with E-state index in [0.29, 0.717) is 12.6 Å². The van der Waals surface area contributed by atoms with Crippen LogP contribution in [0.2, 0.25) is 0 Å². The molecule has 1 aromatic heterocycles. The Hall–Kier alpha value is -2.01. The zero-order chi connectivity index (χ0) is 16.2. The molecule has 1 aliphatic rings. The molecule has 1 N–H and O–H groups in total. The summed E-state index contributed by atoms with van der Waals surface area (Å²) < 4.78 is 7.34. The molecule has 0 bridgehead atoms. The average Bonchev–Trinajstić information content (AvgIpc) is 3.19. The van der Waals surface area contributed by atoms with Crippen LogP contribution in [0.4, 0.5) is 0 Å². The highest BCUT2D eigenvalue weighted by Gasteiger charge is 2.23. The van der Waals surface area contributed by atoms with Crippen molar-refractivity contribution in [3.8, 4) is 5.75 Å². The minimum absolute atomic E-state index is 0.0632. The van der Waals surface area contributed by atoms with Crippen molar-refractivity contribution >= 4 is 16.8 Å². The highest BCUT2D eigenvalue weighted by Crippen LogP contribution is 2.26. The number of nitrogens with one attached hydrogen (secondary N) is 1. The number of likely N-dealkylation sites (N-methyl/N-ethyl adjacent to an activating group) is 1. The molecule has 2 aromatic rings. The summed E-state index contributed by atoms with van der Waals surface area (Å²) >= 11 is 0.